The first-order valence-corrected chi connectivity index (χ1v) is 17.7. The van der Waals surface area contributed by atoms with Gasteiger partial charge in [-0.3, -0.25) is 0 Å². The molecule has 0 saturated carbocycles. The van der Waals surface area contributed by atoms with E-state index in [0.717, 1.165) is 88.4 Å². The predicted molar refractivity (Wildman–Crippen MR) is 215 cm³/mol. The van der Waals surface area contributed by atoms with Crippen LogP contribution in [0.1, 0.15) is 0 Å². The van der Waals surface area contributed by atoms with Crippen molar-refractivity contribution in [2.75, 3.05) is 0 Å². The summed E-state index contributed by atoms with van der Waals surface area (Å²) in [5.74, 6) is 0. The largest absolute Gasteiger partial charge is 0.456 e. The van der Waals surface area contributed by atoms with E-state index in [1.165, 1.54) is 21.5 Å². The number of furan rings is 2. The number of benzene rings is 8. The highest BCUT2D eigenvalue weighted by molar-refractivity contribution is 6.26. The van der Waals surface area contributed by atoms with Crippen LogP contribution < -0.4 is 0 Å². The third kappa shape index (κ3) is 3.65. The van der Waals surface area contributed by atoms with Gasteiger partial charge >= 0.3 is 0 Å². The van der Waals surface area contributed by atoms with Crippen LogP contribution >= 0.6 is 0 Å². The Kier molecular flexibility index (Phi) is 5.47. The van der Waals surface area contributed by atoms with Crippen molar-refractivity contribution in [3.05, 3.63) is 170 Å². The minimum Gasteiger partial charge on any atom is -0.456 e. The highest BCUT2D eigenvalue weighted by Gasteiger charge is 2.22. The number of aromatic nitrogens is 2. The van der Waals surface area contributed by atoms with Crippen molar-refractivity contribution in [2.24, 2.45) is 0 Å². The summed E-state index contributed by atoms with van der Waals surface area (Å²) in [5, 5.41) is 9.37. The van der Waals surface area contributed by atoms with Gasteiger partial charge in [-0.25, -0.2) is 0 Å². The number of rotatable bonds is 3. The lowest BCUT2D eigenvalue weighted by molar-refractivity contribution is 0.669. The number of hydrogen-bond acceptors (Lipinski definition) is 2. The Morgan fingerprint density at radius 2 is 0.865 bits per heavy atom. The quantitative estimate of drug-likeness (QED) is 0.188. The van der Waals surface area contributed by atoms with Crippen molar-refractivity contribution in [1.29, 1.82) is 0 Å². The van der Waals surface area contributed by atoms with Crippen molar-refractivity contribution in [2.45, 2.75) is 0 Å². The van der Waals surface area contributed by atoms with Gasteiger partial charge in [-0.2, -0.15) is 0 Å². The Hall–Kier alpha value is -7.04. The molecule has 0 bridgehead atoms. The first-order chi connectivity index (χ1) is 25.8. The molecular weight excluding hydrogens is 637 g/mol. The van der Waals surface area contributed by atoms with E-state index in [-0.39, 0.29) is 0 Å². The first kappa shape index (κ1) is 27.7. The fraction of sp³-hybridized carbons (Fsp3) is 0. The molecule has 0 saturated heterocycles. The van der Waals surface area contributed by atoms with Crippen LogP contribution in [0.2, 0.25) is 0 Å². The minimum absolute atomic E-state index is 0.890. The summed E-state index contributed by atoms with van der Waals surface area (Å²) in [5.41, 5.74) is 12.7. The molecule has 0 fully saturated rings. The summed E-state index contributed by atoms with van der Waals surface area (Å²) in [6, 6.07) is 60.6. The molecule has 12 rings (SSSR count). The summed E-state index contributed by atoms with van der Waals surface area (Å²) in [7, 11) is 0. The van der Waals surface area contributed by atoms with Crippen molar-refractivity contribution >= 4 is 87.5 Å². The van der Waals surface area contributed by atoms with Crippen LogP contribution in [0, 0.1) is 0 Å². The molecule has 0 aliphatic heterocycles. The zero-order chi connectivity index (χ0) is 33.9. The van der Waals surface area contributed by atoms with E-state index in [1.807, 2.05) is 12.1 Å². The van der Waals surface area contributed by atoms with Gasteiger partial charge in [0.1, 0.15) is 22.3 Å². The normalized spacial score (nSPS) is 12.2. The maximum absolute atomic E-state index is 6.42. The van der Waals surface area contributed by atoms with Gasteiger partial charge < -0.3 is 18.0 Å². The molecule has 4 nitrogen and oxygen atoms in total. The standard InChI is InChI=1S/C48H28N2O2/c1-6-19-38(50-40-21-8-3-16-33(40)35-25-27-44-46(48(35)50)37-18-5-10-23-42(37)52-44)31(14-1)29-12-11-13-30(28-29)49-39-20-7-2-15-32(39)34-24-26-43-45(47(34)49)36-17-4-9-22-41(36)51-43/h1-28H. The molecule has 0 aliphatic carbocycles. The van der Waals surface area contributed by atoms with Gasteiger partial charge in [0.2, 0.25) is 0 Å². The summed E-state index contributed by atoms with van der Waals surface area (Å²) < 4.78 is 17.7. The van der Waals surface area contributed by atoms with E-state index < -0.39 is 0 Å². The molecule has 0 N–H and O–H groups in total. The van der Waals surface area contributed by atoms with E-state index in [9.17, 15) is 0 Å². The molecule has 0 aliphatic rings. The van der Waals surface area contributed by atoms with Crippen LogP contribution in [0.5, 0.6) is 0 Å². The summed E-state index contributed by atoms with van der Waals surface area (Å²) >= 11 is 0. The molecule has 0 radical (unpaired) electrons. The van der Waals surface area contributed by atoms with E-state index >= 15 is 0 Å². The van der Waals surface area contributed by atoms with Gasteiger partial charge in [-0.1, -0.05) is 103 Å². The first-order valence-electron chi connectivity index (χ1n) is 17.7. The van der Waals surface area contributed by atoms with Gasteiger partial charge in [-0.15, -0.1) is 0 Å². The molecule has 4 aromatic heterocycles. The maximum atomic E-state index is 6.42. The Morgan fingerprint density at radius 3 is 1.52 bits per heavy atom. The van der Waals surface area contributed by atoms with Crippen LogP contribution in [0.3, 0.4) is 0 Å². The number of hydrogen-bond donors (Lipinski definition) is 0. The van der Waals surface area contributed by atoms with Gasteiger partial charge in [0, 0.05) is 43.6 Å². The van der Waals surface area contributed by atoms with E-state index in [2.05, 4.69) is 167 Å². The van der Waals surface area contributed by atoms with Gasteiger partial charge in [0.25, 0.3) is 0 Å². The summed E-state index contributed by atoms with van der Waals surface area (Å²) in [6.45, 7) is 0. The predicted octanol–water partition coefficient (Wildman–Crippen LogP) is 13.3. The zero-order valence-electron chi connectivity index (χ0n) is 27.9. The monoisotopic (exact) mass is 664 g/mol. The second kappa shape index (κ2) is 10.3. The number of fused-ring (bicyclic) bond motifs is 14. The fourth-order valence-corrected chi connectivity index (χ4v) is 8.77. The fourth-order valence-electron chi connectivity index (χ4n) is 8.77. The molecule has 0 unspecified atom stereocenters. The molecule has 52 heavy (non-hydrogen) atoms. The van der Waals surface area contributed by atoms with Gasteiger partial charge in [0.15, 0.2) is 0 Å². The third-order valence-corrected chi connectivity index (χ3v) is 10.9. The van der Waals surface area contributed by atoms with Crippen molar-refractivity contribution in [1.82, 2.24) is 9.13 Å². The Balaban J connectivity index is 1.16. The second-order valence-electron chi connectivity index (χ2n) is 13.6. The van der Waals surface area contributed by atoms with E-state index in [4.69, 9.17) is 8.83 Å². The van der Waals surface area contributed by atoms with Crippen LogP contribution in [-0.2, 0) is 0 Å². The van der Waals surface area contributed by atoms with Crippen molar-refractivity contribution in [3.63, 3.8) is 0 Å². The summed E-state index contributed by atoms with van der Waals surface area (Å²) in [6.07, 6.45) is 0. The molecule has 0 amide bonds. The molecule has 0 spiro atoms. The Morgan fingerprint density at radius 1 is 0.346 bits per heavy atom. The van der Waals surface area contributed by atoms with Gasteiger partial charge in [-0.05, 0) is 72.3 Å². The third-order valence-electron chi connectivity index (χ3n) is 10.9. The molecule has 4 heteroatoms. The van der Waals surface area contributed by atoms with Crippen LogP contribution in [0.4, 0.5) is 0 Å². The van der Waals surface area contributed by atoms with Gasteiger partial charge in [0.05, 0.1) is 38.5 Å². The topological polar surface area (TPSA) is 36.1 Å². The SMILES string of the molecule is c1cc(-c2ccccc2-n2c3ccccc3c3ccc4oc5ccccc5c4c32)cc(-n2c3ccccc3c3ccc4oc5ccccc5c4c32)c1. The Bertz CT molecular complexity index is 3420. The number of nitrogens with zero attached hydrogens (tertiary/aromatic N) is 2. The average molecular weight is 665 g/mol. The van der Waals surface area contributed by atoms with E-state index in [1.54, 1.807) is 0 Å². The van der Waals surface area contributed by atoms with E-state index in [0.29, 0.717) is 0 Å². The molecule has 12 aromatic rings. The smallest absolute Gasteiger partial charge is 0.137 e. The Labute approximate surface area is 296 Å². The maximum Gasteiger partial charge on any atom is 0.137 e. The van der Waals surface area contributed by atoms with Crippen LogP contribution in [0.15, 0.2) is 179 Å². The van der Waals surface area contributed by atoms with Crippen molar-refractivity contribution in [3.8, 4) is 22.5 Å². The lowest BCUT2D eigenvalue weighted by atomic mass is 10.0. The molecule has 8 aromatic carbocycles. The molecule has 242 valence electrons. The highest BCUT2D eigenvalue weighted by atomic mass is 16.3. The lowest BCUT2D eigenvalue weighted by Crippen LogP contribution is -1.99. The summed E-state index contributed by atoms with van der Waals surface area (Å²) in [4.78, 5) is 0. The lowest BCUT2D eigenvalue weighted by Gasteiger charge is -2.16. The average Bonchev–Trinajstić information content (AvgIpc) is 3.95. The highest BCUT2D eigenvalue weighted by Crippen LogP contribution is 2.44. The second-order valence-corrected chi connectivity index (χ2v) is 13.6. The molecule has 0 atom stereocenters. The number of para-hydroxylation sites is 5. The van der Waals surface area contributed by atoms with Crippen LogP contribution in [0.25, 0.3) is 110 Å². The van der Waals surface area contributed by atoms with Crippen LogP contribution in [-0.4, -0.2) is 9.13 Å². The molecule has 4 heterocycles. The van der Waals surface area contributed by atoms with Crippen molar-refractivity contribution < 1.29 is 8.83 Å². The zero-order valence-corrected chi connectivity index (χ0v) is 27.9. The molecular formula is C48H28N2O2. The minimum atomic E-state index is 0.890.